The first kappa shape index (κ1) is 14.9. The number of hydrogen-bond donors (Lipinski definition) is 0. The van der Waals surface area contributed by atoms with E-state index in [0.717, 1.165) is 6.20 Å². The van der Waals surface area contributed by atoms with Gasteiger partial charge in [-0.3, -0.25) is 0 Å². The van der Waals surface area contributed by atoms with Crippen molar-refractivity contribution < 1.29 is 9.13 Å². The Morgan fingerprint density at radius 3 is 2.63 bits per heavy atom. The Morgan fingerprint density at radius 1 is 1.21 bits per heavy atom. The van der Waals surface area contributed by atoms with Gasteiger partial charge in [0.05, 0.1) is 22.1 Å². The average molecular weight is 385 g/mol. The lowest BCUT2D eigenvalue weighted by Gasteiger charge is -2.10. The number of benzene rings is 1. The molecule has 1 aromatic heterocycles. The van der Waals surface area contributed by atoms with E-state index in [-0.39, 0.29) is 11.8 Å². The smallest absolute Gasteiger partial charge is 0.223 e. The first-order valence-corrected chi connectivity index (χ1v) is 7.12. The summed E-state index contributed by atoms with van der Waals surface area (Å²) in [6.07, 6.45) is 1.04. The minimum Gasteiger partial charge on any atom is -0.437 e. The van der Waals surface area contributed by atoms with E-state index in [1.54, 1.807) is 6.07 Å². The standard InChI is InChI=1S/C12H6BrCl3FNO/c13-8-2-10(16)11(3-9(8)15)19-12-6(4-14)1-7(17)5-18-12/h1-3,5H,4H2. The van der Waals surface area contributed by atoms with Crippen LogP contribution in [-0.4, -0.2) is 4.98 Å². The number of rotatable bonds is 3. The van der Waals surface area contributed by atoms with Gasteiger partial charge in [-0.2, -0.15) is 0 Å². The number of hydrogen-bond acceptors (Lipinski definition) is 2. The van der Waals surface area contributed by atoms with Gasteiger partial charge in [-0.25, -0.2) is 9.37 Å². The number of ether oxygens (including phenoxy) is 1. The maximum absolute atomic E-state index is 13.0. The van der Waals surface area contributed by atoms with E-state index in [1.807, 2.05) is 0 Å². The van der Waals surface area contributed by atoms with Gasteiger partial charge in [0.15, 0.2) is 0 Å². The van der Waals surface area contributed by atoms with Crippen LogP contribution in [0.3, 0.4) is 0 Å². The number of nitrogens with zero attached hydrogens (tertiary/aromatic N) is 1. The Kier molecular flexibility index (Phi) is 4.90. The Bertz CT molecular complexity index is 624. The Balaban J connectivity index is 2.39. The van der Waals surface area contributed by atoms with Crippen molar-refractivity contribution in [2.24, 2.45) is 0 Å². The van der Waals surface area contributed by atoms with Crippen molar-refractivity contribution in [3.63, 3.8) is 0 Å². The predicted molar refractivity (Wildman–Crippen MR) is 78.0 cm³/mol. The fourth-order valence-electron chi connectivity index (χ4n) is 1.34. The lowest BCUT2D eigenvalue weighted by Crippen LogP contribution is -1.95. The van der Waals surface area contributed by atoms with Crippen molar-refractivity contribution in [1.29, 1.82) is 0 Å². The lowest BCUT2D eigenvalue weighted by atomic mass is 10.3. The normalized spacial score (nSPS) is 10.6. The van der Waals surface area contributed by atoms with Gasteiger partial charge in [-0.15, -0.1) is 11.6 Å². The van der Waals surface area contributed by atoms with Gasteiger partial charge >= 0.3 is 0 Å². The van der Waals surface area contributed by atoms with Crippen molar-refractivity contribution in [2.75, 3.05) is 0 Å². The molecular formula is C12H6BrCl3FNO. The Hall–Kier alpha value is -0.550. The zero-order chi connectivity index (χ0) is 14.0. The zero-order valence-electron chi connectivity index (χ0n) is 9.26. The third-order valence-electron chi connectivity index (χ3n) is 2.22. The molecule has 19 heavy (non-hydrogen) atoms. The van der Waals surface area contributed by atoms with Crippen LogP contribution >= 0.6 is 50.7 Å². The van der Waals surface area contributed by atoms with Crippen LogP contribution in [0.15, 0.2) is 28.9 Å². The maximum Gasteiger partial charge on any atom is 0.223 e. The van der Waals surface area contributed by atoms with Gasteiger partial charge in [0, 0.05) is 16.1 Å². The fraction of sp³-hybridized carbons (Fsp3) is 0.0833. The van der Waals surface area contributed by atoms with Crippen molar-refractivity contribution in [3.05, 3.63) is 50.3 Å². The lowest BCUT2D eigenvalue weighted by molar-refractivity contribution is 0.454. The highest BCUT2D eigenvalue weighted by Crippen LogP contribution is 2.37. The summed E-state index contributed by atoms with van der Waals surface area (Å²) >= 11 is 20.9. The second kappa shape index (κ2) is 6.27. The minimum absolute atomic E-state index is 0.0714. The minimum atomic E-state index is -0.483. The van der Waals surface area contributed by atoms with E-state index in [0.29, 0.717) is 25.8 Å². The third-order valence-corrected chi connectivity index (χ3v) is 4.00. The summed E-state index contributed by atoms with van der Waals surface area (Å²) < 4.78 is 19.2. The summed E-state index contributed by atoms with van der Waals surface area (Å²) in [4.78, 5) is 3.84. The van der Waals surface area contributed by atoms with Gasteiger partial charge in [-0.05, 0) is 28.1 Å². The van der Waals surface area contributed by atoms with E-state index < -0.39 is 5.82 Å². The summed E-state index contributed by atoms with van der Waals surface area (Å²) in [6.45, 7) is 0. The molecule has 0 atom stereocenters. The molecule has 0 aliphatic heterocycles. The van der Waals surface area contributed by atoms with Crippen LogP contribution in [0.25, 0.3) is 0 Å². The second-order valence-corrected chi connectivity index (χ2v) is 5.49. The molecule has 0 amide bonds. The van der Waals surface area contributed by atoms with Gasteiger partial charge in [-0.1, -0.05) is 23.2 Å². The molecule has 100 valence electrons. The van der Waals surface area contributed by atoms with Crippen LogP contribution in [0.4, 0.5) is 4.39 Å². The molecule has 2 nitrogen and oxygen atoms in total. The summed E-state index contributed by atoms with van der Waals surface area (Å²) in [5.41, 5.74) is 0.428. The van der Waals surface area contributed by atoms with Crippen molar-refractivity contribution >= 4 is 50.7 Å². The second-order valence-electron chi connectivity index (χ2n) is 3.55. The molecule has 1 heterocycles. The van der Waals surface area contributed by atoms with E-state index in [2.05, 4.69) is 20.9 Å². The summed E-state index contributed by atoms with van der Waals surface area (Å²) in [5.74, 6) is 0.0991. The molecule has 0 spiro atoms. The molecule has 7 heteroatoms. The van der Waals surface area contributed by atoms with E-state index in [1.165, 1.54) is 12.1 Å². The quantitative estimate of drug-likeness (QED) is 0.490. The highest BCUT2D eigenvalue weighted by molar-refractivity contribution is 9.10. The fourth-order valence-corrected chi connectivity index (χ4v) is 2.37. The largest absolute Gasteiger partial charge is 0.437 e. The van der Waals surface area contributed by atoms with Crippen LogP contribution in [0, 0.1) is 5.82 Å². The molecule has 2 aromatic rings. The molecule has 0 aliphatic carbocycles. The maximum atomic E-state index is 13.0. The van der Waals surface area contributed by atoms with Crippen molar-refractivity contribution in [1.82, 2.24) is 4.98 Å². The van der Waals surface area contributed by atoms with Gasteiger partial charge in [0.25, 0.3) is 0 Å². The van der Waals surface area contributed by atoms with E-state index >= 15 is 0 Å². The van der Waals surface area contributed by atoms with Crippen LogP contribution in [-0.2, 0) is 5.88 Å². The molecule has 0 saturated heterocycles. The summed E-state index contributed by atoms with van der Waals surface area (Å²) in [5, 5.41) is 0.789. The molecule has 2 rings (SSSR count). The number of alkyl halides is 1. The molecule has 0 bridgehead atoms. The SMILES string of the molecule is Fc1cnc(Oc2cc(Cl)c(Br)cc2Cl)c(CCl)c1. The number of halogens is 5. The summed E-state index contributed by atoms with van der Waals surface area (Å²) in [7, 11) is 0. The number of pyridine rings is 1. The van der Waals surface area contributed by atoms with Crippen molar-refractivity contribution in [2.45, 2.75) is 5.88 Å². The first-order valence-electron chi connectivity index (χ1n) is 5.04. The molecule has 0 saturated carbocycles. The molecule has 0 fully saturated rings. The number of aromatic nitrogens is 1. The van der Waals surface area contributed by atoms with Crippen LogP contribution < -0.4 is 4.74 Å². The summed E-state index contributed by atoms with van der Waals surface area (Å²) in [6, 6.07) is 4.39. The molecule has 0 unspecified atom stereocenters. The van der Waals surface area contributed by atoms with Gasteiger partial charge < -0.3 is 4.74 Å². The molecule has 0 radical (unpaired) electrons. The van der Waals surface area contributed by atoms with Crippen molar-refractivity contribution in [3.8, 4) is 11.6 Å². The molecule has 0 aliphatic rings. The zero-order valence-corrected chi connectivity index (χ0v) is 13.1. The Morgan fingerprint density at radius 2 is 1.95 bits per heavy atom. The topological polar surface area (TPSA) is 22.1 Å². The Labute approximate surface area is 132 Å². The third kappa shape index (κ3) is 3.51. The molecular weight excluding hydrogens is 379 g/mol. The molecule has 0 N–H and O–H groups in total. The molecule has 1 aromatic carbocycles. The highest BCUT2D eigenvalue weighted by Gasteiger charge is 2.12. The van der Waals surface area contributed by atoms with E-state index in [4.69, 9.17) is 39.5 Å². The van der Waals surface area contributed by atoms with Crippen LogP contribution in [0.5, 0.6) is 11.6 Å². The highest BCUT2D eigenvalue weighted by atomic mass is 79.9. The predicted octanol–water partition coefficient (Wildman–Crippen LogP) is 5.82. The van der Waals surface area contributed by atoms with Crippen LogP contribution in [0.2, 0.25) is 10.0 Å². The first-order chi connectivity index (χ1) is 9.01. The average Bonchev–Trinajstić information content (AvgIpc) is 2.37. The van der Waals surface area contributed by atoms with Crippen LogP contribution in [0.1, 0.15) is 5.56 Å². The monoisotopic (exact) mass is 383 g/mol. The van der Waals surface area contributed by atoms with E-state index in [9.17, 15) is 4.39 Å². The van der Waals surface area contributed by atoms with Gasteiger partial charge in [0.2, 0.25) is 5.88 Å². The van der Waals surface area contributed by atoms with Gasteiger partial charge in [0.1, 0.15) is 11.6 Å².